The molecule has 1 aromatic carbocycles. The number of carbonyl (C=O) groups is 4. The van der Waals surface area contributed by atoms with Crippen molar-refractivity contribution in [2.45, 2.75) is 19.4 Å². The standard InChI is InChI=1S/C16H17N3O5/c1-9-11-4-2-3-5-12(11)19-15(9)16(24)17-7-13(21)18-10(8-20)6-14(22)23/h2-5,8,10,19H,6-7H2,1H3,(H,17,24)(H,18,21)(H,22,23)/t10-/m0/s1. The van der Waals surface area contributed by atoms with Crippen LogP contribution in [0.3, 0.4) is 0 Å². The van der Waals surface area contributed by atoms with Gasteiger partial charge in [0.25, 0.3) is 5.91 Å². The number of para-hydroxylation sites is 1. The third-order valence-corrected chi connectivity index (χ3v) is 3.51. The lowest BCUT2D eigenvalue weighted by Gasteiger charge is -2.11. The molecule has 0 spiro atoms. The second-order valence-corrected chi connectivity index (χ2v) is 5.26. The smallest absolute Gasteiger partial charge is 0.305 e. The van der Waals surface area contributed by atoms with Crippen molar-refractivity contribution in [1.29, 1.82) is 0 Å². The summed E-state index contributed by atoms with van der Waals surface area (Å²) in [5.74, 6) is -2.31. The van der Waals surface area contributed by atoms with Gasteiger partial charge in [-0.05, 0) is 18.6 Å². The zero-order chi connectivity index (χ0) is 17.7. The number of benzene rings is 1. The number of aromatic amines is 1. The SMILES string of the molecule is Cc1c(C(=O)NCC(=O)N[C@H](C=O)CC(=O)O)[nH]c2ccccc12. The predicted octanol–water partition coefficient (Wildman–Crippen LogP) is 0.365. The van der Waals surface area contributed by atoms with E-state index in [9.17, 15) is 19.2 Å². The first kappa shape index (κ1) is 17.2. The second-order valence-electron chi connectivity index (χ2n) is 5.26. The molecule has 1 atom stereocenters. The van der Waals surface area contributed by atoms with Gasteiger partial charge in [-0.15, -0.1) is 0 Å². The molecule has 24 heavy (non-hydrogen) atoms. The Kier molecular flexibility index (Phi) is 5.31. The van der Waals surface area contributed by atoms with E-state index in [0.717, 1.165) is 16.5 Å². The van der Waals surface area contributed by atoms with Gasteiger partial charge in [0.2, 0.25) is 5.91 Å². The number of H-pyrrole nitrogens is 1. The number of carbonyl (C=O) groups excluding carboxylic acids is 3. The highest BCUT2D eigenvalue weighted by atomic mass is 16.4. The number of hydrogen-bond acceptors (Lipinski definition) is 4. The number of nitrogens with one attached hydrogen (secondary N) is 3. The Balaban J connectivity index is 1.96. The van der Waals surface area contributed by atoms with E-state index in [0.29, 0.717) is 12.0 Å². The molecule has 8 heteroatoms. The van der Waals surface area contributed by atoms with E-state index >= 15 is 0 Å². The van der Waals surface area contributed by atoms with Crippen LogP contribution in [0.15, 0.2) is 24.3 Å². The van der Waals surface area contributed by atoms with Gasteiger partial charge in [0.05, 0.1) is 19.0 Å². The summed E-state index contributed by atoms with van der Waals surface area (Å²) in [6, 6.07) is 6.30. The first-order valence-electron chi connectivity index (χ1n) is 7.24. The zero-order valence-electron chi connectivity index (χ0n) is 13.0. The number of aldehydes is 1. The number of amides is 2. The van der Waals surface area contributed by atoms with Crippen LogP contribution in [-0.2, 0) is 14.4 Å². The van der Waals surface area contributed by atoms with Crippen molar-refractivity contribution >= 4 is 35.0 Å². The number of aromatic nitrogens is 1. The zero-order valence-corrected chi connectivity index (χ0v) is 13.0. The molecule has 0 saturated heterocycles. The lowest BCUT2D eigenvalue weighted by atomic mass is 10.1. The summed E-state index contributed by atoms with van der Waals surface area (Å²) in [6.45, 7) is 1.43. The quantitative estimate of drug-likeness (QED) is 0.545. The van der Waals surface area contributed by atoms with Crippen LogP contribution < -0.4 is 10.6 Å². The molecule has 1 heterocycles. The van der Waals surface area contributed by atoms with Gasteiger partial charge in [0, 0.05) is 10.9 Å². The summed E-state index contributed by atoms with van der Waals surface area (Å²) < 4.78 is 0. The maximum absolute atomic E-state index is 12.2. The summed E-state index contributed by atoms with van der Waals surface area (Å²) in [6.07, 6.45) is -0.167. The number of aryl methyl sites for hydroxylation is 1. The highest BCUT2D eigenvalue weighted by Gasteiger charge is 2.18. The Morgan fingerprint density at radius 3 is 2.62 bits per heavy atom. The second kappa shape index (κ2) is 7.40. The summed E-state index contributed by atoms with van der Waals surface area (Å²) in [5.41, 5.74) is 1.92. The van der Waals surface area contributed by atoms with Gasteiger partial charge in [0.1, 0.15) is 12.0 Å². The van der Waals surface area contributed by atoms with Crippen molar-refractivity contribution in [3.63, 3.8) is 0 Å². The van der Waals surface area contributed by atoms with Crippen molar-refractivity contribution in [1.82, 2.24) is 15.6 Å². The number of carboxylic acids is 1. The van der Waals surface area contributed by atoms with E-state index in [1.54, 1.807) is 6.92 Å². The molecular formula is C16H17N3O5. The van der Waals surface area contributed by atoms with Gasteiger partial charge in [-0.1, -0.05) is 18.2 Å². The summed E-state index contributed by atoms with van der Waals surface area (Å²) in [5, 5.41) is 14.2. The molecular weight excluding hydrogens is 314 g/mol. The molecule has 0 saturated carbocycles. The van der Waals surface area contributed by atoms with Crippen molar-refractivity contribution in [3.05, 3.63) is 35.5 Å². The molecule has 2 aromatic rings. The molecule has 0 unspecified atom stereocenters. The van der Waals surface area contributed by atoms with Gasteiger partial charge in [-0.2, -0.15) is 0 Å². The van der Waals surface area contributed by atoms with Gasteiger partial charge in [0.15, 0.2) is 0 Å². The number of aliphatic carboxylic acids is 1. The predicted molar refractivity (Wildman–Crippen MR) is 85.6 cm³/mol. The van der Waals surface area contributed by atoms with Crippen LogP contribution in [0.25, 0.3) is 10.9 Å². The Morgan fingerprint density at radius 2 is 2.00 bits per heavy atom. The molecule has 2 amide bonds. The molecule has 0 radical (unpaired) electrons. The van der Waals surface area contributed by atoms with Gasteiger partial charge in [-0.3, -0.25) is 14.4 Å². The van der Waals surface area contributed by atoms with Crippen LogP contribution in [0, 0.1) is 6.92 Å². The Bertz CT molecular complexity index is 796. The van der Waals surface area contributed by atoms with E-state index in [-0.39, 0.29) is 6.54 Å². The van der Waals surface area contributed by atoms with Gasteiger partial charge >= 0.3 is 5.97 Å². The average Bonchev–Trinajstić information content (AvgIpc) is 2.89. The lowest BCUT2D eigenvalue weighted by Crippen LogP contribution is -2.43. The van der Waals surface area contributed by atoms with Gasteiger partial charge < -0.3 is 25.5 Å². The Morgan fingerprint density at radius 1 is 1.29 bits per heavy atom. The molecule has 1 aromatic heterocycles. The molecule has 0 aliphatic rings. The first-order valence-corrected chi connectivity index (χ1v) is 7.24. The Hall–Kier alpha value is -3.16. The fourth-order valence-electron chi connectivity index (χ4n) is 2.34. The number of hydrogen-bond donors (Lipinski definition) is 4. The summed E-state index contributed by atoms with van der Waals surface area (Å²) in [7, 11) is 0. The number of carboxylic acid groups (broad SMARTS) is 1. The van der Waals surface area contributed by atoms with E-state index < -0.39 is 30.2 Å². The van der Waals surface area contributed by atoms with Crippen molar-refractivity contribution in [2.24, 2.45) is 0 Å². The van der Waals surface area contributed by atoms with E-state index in [4.69, 9.17) is 5.11 Å². The van der Waals surface area contributed by atoms with E-state index in [1.165, 1.54) is 0 Å². The first-order chi connectivity index (χ1) is 11.4. The van der Waals surface area contributed by atoms with Crippen molar-refractivity contribution in [3.8, 4) is 0 Å². The molecule has 8 nitrogen and oxygen atoms in total. The summed E-state index contributed by atoms with van der Waals surface area (Å²) in [4.78, 5) is 48.1. The van der Waals surface area contributed by atoms with E-state index in [2.05, 4.69) is 15.6 Å². The topological polar surface area (TPSA) is 128 Å². The summed E-state index contributed by atoms with van der Waals surface area (Å²) >= 11 is 0. The molecule has 0 bridgehead atoms. The highest BCUT2D eigenvalue weighted by Crippen LogP contribution is 2.20. The molecule has 4 N–H and O–H groups in total. The maximum atomic E-state index is 12.2. The van der Waals surface area contributed by atoms with Crippen molar-refractivity contribution < 1.29 is 24.3 Å². The van der Waals surface area contributed by atoms with Crippen LogP contribution in [-0.4, -0.2) is 46.7 Å². The van der Waals surface area contributed by atoms with Crippen LogP contribution in [0.5, 0.6) is 0 Å². The molecule has 0 aliphatic heterocycles. The number of rotatable bonds is 7. The monoisotopic (exact) mass is 331 g/mol. The third kappa shape index (κ3) is 3.97. The lowest BCUT2D eigenvalue weighted by molar-refractivity contribution is -0.138. The fraction of sp³-hybridized carbons (Fsp3) is 0.250. The van der Waals surface area contributed by atoms with Crippen LogP contribution >= 0.6 is 0 Å². The number of fused-ring (bicyclic) bond motifs is 1. The minimum Gasteiger partial charge on any atom is -0.481 e. The molecule has 0 aliphatic carbocycles. The van der Waals surface area contributed by atoms with Crippen LogP contribution in [0.2, 0.25) is 0 Å². The normalized spacial score (nSPS) is 11.7. The molecule has 0 fully saturated rings. The van der Waals surface area contributed by atoms with Crippen LogP contribution in [0.1, 0.15) is 22.5 Å². The van der Waals surface area contributed by atoms with Gasteiger partial charge in [-0.25, -0.2) is 0 Å². The highest BCUT2D eigenvalue weighted by molar-refractivity contribution is 6.02. The fourth-order valence-corrected chi connectivity index (χ4v) is 2.34. The molecule has 2 rings (SSSR count). The molecule has 126 valence electrons. The maximum Gasteiger partial charge on any atom is 0.305 e. The Labute approximate surface area is 137 Å². The third-order valence-electron chi connectivity index (χ3n) is 3.51. The van der Waals surface area contributed by atoms with Crippen LogP contribution in [0.4, 0.5) is 0 Å². The largest absolute Gasteiger partial charge is 0.481 e. The van der Waals surface area contributed by atoms with E-state index in [1.807, 2.05) is 24.3 Å². The van der Waals surface area contributed by atoms with Crippen molar-refractivity contribution in [2.75, 3.05) is 6.54 Å². The minimum atomic E-state index is -1.20. The minimum absolute atomic E-state index is 0.343. The average molecular weight is 331 g/mol.